The molecular weight excluding hydrogens is 520 g/mol. The van der Waals surface area contributed by atoms with Crippen molar-refractivity contribution in [3.05, 3.63) is 72.1 Å². The highest BCUT2D eigenvalue weighted by molar-refractivity contribution is 7.90. The molecule has 2 atom stereocenters. The quantitative estimate of drug-likeness (QED) is 0.338. The first-order valence-corrected chi connectivity index (χ1v) is 14.8. The first-order chi connectivity index (χ1) is 18.8. The van der Waals surface area contributed by atoms with E-state index in [0.29, 0.717) is 24.2 Å². The van der Waals surface area contributed by atoms with Crippen molar-refractivity contribution in [1.29, 1.82) is 0 Å². The van der Waals surface area contributed by atoms with Gasteiger partial charge in [-0.1, -0.05) is 55.5 Å². The van der Waals surface area contributed by atoms with Crippen molar-refractivity contribution in [2.75, 3.05) is 18.8 Å². The molecule has 3 aromatic rings. The monoisotopic (exact) mass is 552 g/mol. The first kappa shape index (κ1) is 28.2. The molecule has 0 aliphatic carbocycles. The molecule has 1 fully saturated rings. The Morgan fingerprint density at radius 1 is 0.974 bits per heavy atom. The minimum atomic E-state index is -3.75. The van der Waals surface area contributed by atoms with E-state index in [1.54, 1.807) is 66.4 Å². The van der Waals surface area contributed by atoms with Crippen molar-refractivity contribution in [1.82, 2.24) is 20.4 Å². The number of likely N-dealkylation sites (tertiary alicyclic amines) is 1. The molecule has 4 rings (SSSR count). The van der Waals surface area contributed by atoms with Gasteiger partial charge in [-0.05, 0) is 37.0 Å². The first-order valence-electron chi connectivity index (χ1n) is 13.0. The van der Waals surface area contributed by atoms with E-state index in [1.165, 1.54) is 0 Å². The van der Waals surface area contributed by atoms with Crippen LogP contribution in [0.5, 0.6) is 0 Å². The van der Waals surface area contributed by atoms with E-state index in [1.807, 2.05) is 6.07 Å². The van der Waals surface area contributed by atoms with Crippen LogP contribution in [0.15, 0.2) is 65.1 Å². The molecule has 206 valence electrons. The maximum atomic E-state index is 13.4. The third-order valence-electron chi connectivity index (χ3n) is 6.63. The molecule has 0 spiro atoms. The van der Waals surface area contributed by atoms with E-state index >= 15 is 0 Å². The molecule has 2 aromatic carbocycles. The van der Waals surface area contributed by atoms with Crippen molar-refractivity contribution in [2.24, 2.45) is 5.92 Å². The molecule has 1 unspecified atom stereocenters. The number of hydrogen-bond donors (Lipinski definition) is 1. The number of nitrogens with zero attached hydrogens (tertiary/aromatic N) is 3. The third-order valence-corrected chi connectivity index (χ3v) is 8.32. The number of Topliss-reactive ketones (excluding diaryl/α,β-unsaturated/α-hetero) is 1. The van der Waals surface area contributed by atoms with Gasteiger partial charge in [0.25, 0.3) is 5.89 Å². The smallest absolute Gasteiger partial charge is 0.286 e. The van der Waals surface area contributed by atoms with Crippen molar-refractivity contribution in [3.8, 4) is 11.5 Å². The third kappa shape index (κ3) is 7.60. The Bertz CT molecular complexity index is 1390. The highest BCUT2D eigenvalue weighted by Gasteiger charge is 2.33. The summed E-state index contributed by atoms with van der Waals surface area (Å²) < 4.78 is 31.7. The zero-order valence-corrected chi connectivity index (χ0v) is 22.6. The van der Waals surface area contributed by atoms with Crippen LogP contribution in [-0.4, -0.2) is 66.0 Å². The minimum absolute atomic E-state index is 0.168. The van der Waals surface area contributed by atoms with Crippen LogP contribution in [0.2, 0.25) is 0 Å². The zero-order chi connectivity index (χ0) is 27.8. The van der Waals surface area contributed by atoms with E-state index in [-0.39, 0.29) is 36.3 Å². The van der Waals surface area contributed by atoms with Crippen LogP contribution in [0, 0.1) is 5.92 Å². The van der Waals surface area contributed by atoms with Gasteiger partial charge in [-0.15, -0.1) is 10.2 Å². The molecule has 1 aliphatic rings. The standard InChI is InChI=1S/C28H32N4O6S/c1-2-23(25(34)28-31-30-27(38-28)21-13-7-4-8-14-21)29-26(35)22(17-24(33)32-15-9-10-16-32)19-39(36,37)18-20-11-5-3-6-12-20/h3-8,11-14,22-23H,2,9-10,15-19H2,1H3,(H,29,35)/t22?,23-/m0/s1. The van der Waals surface area contributed by atoms with Gasteiger partial charge in [0.1, 0.15) is 0 Å². The van der Waals surface area contributed by atoms with Crippen molar-refractivity contribution in [2.45, 2.75) is 44.4 Å². The van der Waals surface area contributed by atoms with Crippen LogP contribution < -0.4 is 5.32 Å². The second kappa shape index (κ2) is 12.8. The van der Waals surface area contributed by atoms with Gasteiger partial charge < -0.3 is 14.6 Å². The largest absolute Gasteiger partial charge is 0.414 e. The van der Waals surface area contributed by atoms with E-state index in [9.17, 15) is 22.8 Å². The van der Waals surface area contributed by atoms with Crippen molar-refractivity contribution < 1.29 is 27.2 Å². The lowest BCUT2D eigenvalue weighted by Gasteiger charge is -2.23. The molecule has 1 aromatic heterocycles. The van der Waals surface area contributed by atoms with Gasteiger partial charge in [0.05, 0.1) is 23.5 Å². The highest BCUT2D eigenvalue weighted by Crippen LogP contribution is 2.20. The predicted octanol–water partition coefficient (Wildman–Crippen LogP) is 3.06. The zero-order valence-electron chi connectivity index (χ0n) is 21.8. The van der Waals surface area contributed by atoms with E-state index in [0.717, 1.165) is 12.8 Å². The summed E-state index contributed by atoms with van der Waals surface area (Å²) in [6, 6.07) is 16.6. The van der Waals surface area contributed by atoms with Gasteiger partial charge in [0, 0.05) is 25.1 Å². The summed E-state index contributed by atoms with van der Waals surface area (Å²) >= 11 is 0. The van der Waals surface area contributed by atoms with Crippen LogP contribution in [0.4, 0.5) is 0 Å². The fourth-order valence-electron chi connectivity index (χ4n) is 4.54. The number of benzene rings is 2. The molecule has 1 aliphatic heterocycles. The molecule has 1 N–H and O–H groups in total. The van der Waals surface area contributed by atoms with Crippen LogP contribution in [0.3, 0.4) is 0 Å². The number of rotatable bonds is 12. The predicted molar refractivity (Wildman–Crippen MR) is 144 cm³/mol. The minimum Gasteiger partial charge on any atom is -0.414 e. The number of carbonyl (C=O) groups excluding carboxylic acids is 3. The fraction of sp³-hybridized carbons (Fsp3) is 0.393. The number of ketones is 1. The number of sulfone groups is 1. The molecule has 2 amide bonds. The van der Waals surface area contributed by atoms with Gasteiger partial charge in [-0.3, -0.25) is 14.4 Å². The molecule has 0 saturated carbocycles. The topological polar surface area (TPSA) is 140 Å². The second-order valence-electron chi connectivity index (χ2n) is 9.64. The number of nitrogens with one attached hydrogen (secondary N) is 1. The number of hydrogen-bond acceptors (Lipinski definition) is 8. The van der Waals surface area contributed by atoms with E-state index in [2.05, 4.69) is 15.5 Å². The van der Waals surface area contributed by atoms with Crippen LogP contribution in [-0.2, 0) is 25.2 Å². The lowest BCUT2D eigenvalue weighted by atomic mass is 10.0. The van der Waals surface area contributed by atoms with Gasteiger partial charge >= 0.3 is 0 Å². The van der Waals surface area contributed by atoms with E-state index in [4.69, 9.17) is 4.42 Å². The van der Waals surface area contributed by atoms with Gasteiger partial charge in [-0.2, -0.15) is 0 Å². The molecule has 39 heavy (non-hydrogen) atoms. The summed E-state index contributed by atoms with van der Waals surface area (Å²) in [4.78, 5) is 41.1. The SMILES string of the molecule is CC[C@H](NC(=O)C(CC(=O)N1CCCC1)CS(=O)(=O)Cc1ccccc1)C(=O)c1nnc(-c2ccccc2)o1. The van der Waals surface area contributed by atoms with Crippen LogP contribution in [0.1, 0.15) is 48.9 Å². The van der Waals surface area contributed by atoms with Gasteiger partial charge in [-0.25, -0.2) is 8.42 Å². The molecule has 1 saturated heterocycles. The Kier molecular flexibility index (Phi) is 9.23. The Labute approximate surface area is 227 Å². The molecule has 0 radical (unpaired) electrons. The highest BCUT2D eigenvalue weighted by atomic mass is 32.2. The Balaban J connectivity index is 1.49. The Hall–Kier alpha value is -3.86. The summed E-state index contributed by atoms with van der Waals surface area (Å²) in [6.07, 6.45) is 1.69. The molecule has 10 nitrogen and oxygen atoms in total. The van der Waals surface area contributed by atoms with Gasteiger partial charge in [0.2, 0.25) is 23.5 Å². The fourth-order valence-corrected chi connectivity index (χ4v) is 6.24. The van der Waals surface area contributed by atoms with Crippen LogP contribution >= 0.6 is 0 Å². The number of amides is 2. The van der Waals surface area contributed by atoms with E-state index < -0.39 is 39.2 Å². The molecule has 0 bridgehead atoms. The Morgan fingerprint density at radius 3 is 2.26 bits per heavy atom. The molecule has 2 heterocycles. The number of aromatic nitrogens is 2. The van der Waals surface area contributed by atoms with Crippen molar-refractivity contribution >= 4 is 27.4 Å². The second-order valence-corrected chi connectivity index (χ2v) is 11.8. The summed E-state index contributed by atoms with van der Waals surface area (Å²) in [7, 11) is -3.75. The number of carbonyl (C=O) groups is 3. The maximum Gasteiger partial charge on any atom is 0.286 e. The lowest BCUT2D eigenvalue weighted by molar-refractivity contribution is -0.135. The molecular formula is C28H32N4O6S. The summed E-state index contributed by atoms with van der Waals surface area (Å²) in [5, 5.41) is 10.4. The van der Waals surface area contributed by atoms with Gasteiger partial charge in [0.15, 0.2) is 9.84 Å². The summed E-state index contributed by atoms with van der Waals surface area (Å²) in [6.45, 7) is 2.87. The normalized spacial score (nSPS) is 15.1. The average molecular weight is 553 g/mol. The average Bonchev–Trinajstić information content (AvgIpc) is 3.65. The Morgan fingerprint density at radius 2 is 1.62 bits per heavy atom. The summed E-state index contributed by atoms with van der Waals surface area (Å²) in [5.74, 6) is -3.56. The van der Waals surface area contributed by atoms with Crippen molar-refractivity contribution in [3.63, 3.8) is 0 Å². The maximum absolute atomic E-state index is 13.4. The molecule has 11 heteroatoms. The summed E-state index contributed by atoms with van der Waals surface area (Å²) in [5.41, 5.74) is 1.24. The lowest BCUT2D eigenvalue weighted by Crippen LogP contribution is -2.46. The van der Waals surface area contributed by atoms with Crippen LogP contribution in [0.25, 0.3) is 11.5 Å².